The Bertz CT molecular complexity index is 385. The fourth-order valence-electron chi connectivity index (χ4n) is 1.94. The van der Waals surface area contributed by atoms with E-state index in [1.54, 1.807) is 21.3 Å². The van der Waals surface area contributed by atoms with Crippen LogP contribution in [0.25, 0.3) is 0 Å². The van der Waals surface area contributed by atoms with E-state index in [2.05, 4.69) is 17.3 Å². The summed E-state index contributed by atoms with van der Waals surface area (Å²) in [5.41, 5.74) is 1.10. The van der Waals surface area contributed by atoms with Crippen LogP contribution in [0.2, 0.25) is 0 Å². The SMILES string of the molecule is COCCN(C)CCNCc1cccc(OC)c1OC. The van der Waals surface area contributed by atoms with Crippen molar-refractivity contribution in [2.75, 3.05) is 54.6 Å². The van der Waals surface area contributed by atoms with Gasteiger partial charge in [-0.3, -0.25) is 0 Å². The zero-order chi connectivity index (χ0) is 14.8. The minimum atomic E-state index is 0.762. The maximum Gasteiger partial charge on any atom is 0.165 e. The van der Waals surface area contributed by atoms with Gasteiger partial charge in [-0.1, -0.05) is 12.1 Å². The van der Waals surface area contributed by atoms with E-state index in [4.69, 9.17) is 14.2 Å². The fourth-order valence-corrected chi connectivity index (χ4v) is 1.94. The van der Waals surface area contributed by atoms with E-state index in [-0.39, 0.29) is 0 Å². The van der Waals surface area contributed by atoms with Crippen molar-refractivity contribution < 1.29 is 14.2 Å². The third-order valence-corrected chi connectivity index (χ3v) is 3.15. The zero-order valence-corrected chi connectivity index (χ0v) is 12.9. The molecule has 1 aromatic carbocycles. The van der Waals surface area contributed by atoms with Gasteiger partial charge in [0, 0.05) is 38.9 Å². The van der Waals surface area contributed by atoms with Gasteiger partial charge in [0.2, 0.25) is 0 Å². The highest BCUT2D eigenvalue weighted by Gasteiger charge is 2.08. The first kappa shape index (κ1) is 16.8. The number of methoxy groups -OCH3 is 3. The average molecular weight is 282 g/mol. The Morgan fingerprint density at radius 3 is 2.55 bits per heavy atom. The molecule has 0 atom stereocenters. The van der Waals surface area contributed by atoms with Crippen LogP contribution in [-0.4, -0.2) is 59.5 Å². The van der Waals surface area contributed by atoms with Crippen LogP contribution >= 0.6 is 0 Å². The van der Waals surface area contributed by atoms with Crippen molar-refractivity contribution in [1.29, 1.82) is 0 Å². The number of nitrogens with zero attached hydrogens (tertiary/aromatic N) is 1. The van der Waals surface area contributed by atoms with Gasteiger partial charge in [-0.25, -0.2) is 0 Å². The summed E-state index contributed by atoms with van der Waals surface area (Å²) in [6.07, 6.45) is 0. The molecule has 0 aliphatic carbocycles. The quantitative estimate of drug-likeness (QED) is 0.657. The second-order valence-corrected chi connectivity index (χ2v) is 4.63. The molecule has 0 unspecified atom stereocenters. The number of rotatable bonds is 10. The first-order chi connectivity index (χ1) is 9.72. The lowest BCUT2D eigenvalue weighted by atomic mass is 10.2. The van der Waals surface area contributed by atoms with Gasteiger partial charge in [0.1, 0.15) is 0 Å². The van der Waals surface area contributed by atoms with E-state index in [1.165, 1.54) is 0 Å². The molecule has 0 aromatic heterocycles. The molecule has 0 fully saturated rings. The summed E-state index contributed by atoms with van der Waals surface area (Å²) < 4.78 is 15.7. The lowest BCUT2D eigenvalue weighted by molar-refractivity contribution is 0.161. The topological polar surface area (TPSA) is 43.0 Å². The lowest BCUT2D eigenvalue weighted by Gasteiger charge is -2.17. The average Bonchev–Trinajstić information content (AvgIpc) is 2.48. The molecule has 0 saturated carbocycles. The third-order valence-electron chi connectivity index (χ3n) is 3.15. The second kappa shape index (κ2) is 9.58. The van der Waals surface area contributed by atoms with Crippen molar-refractivity contribution in [2.24, 2.45) is 0 Å². The van der Waals surface area contributed by atoms with Crippen LogP contribution in [0.5, 0.6) is 11.5 Å². The molecular formula is C15H26N2O3. The maximum atomic E-state index is 5.41. The highest BCUT2D eigenvalue weighted by molar-refractivity contribution is 5.46. The number of hydrogen-bond acceptors (Lipinski definition) is 5. The van der Waals surface area contributed by atoms with Crippen molar-refractivity contribution >= 4 is 0 Å². The Morgan fingerprint density at radius 1 is 1.10 bits per heavy atom. The minimum Gasteiger partial charge on any atom is -0.493 e. The van der Waals surface area contributed by atoms with Crippen molar-refractivity contribution in [3.63, 3.8) is 0 Å². The van der Waals surface area contributed by atoms with Crippen LogP contribution in [0.4, 0.5) is 0 Å². The summed E-state index contributed by atoms with van der Waals surface area (Å²) in [5.74, 6) is 1.57. The van der Waals surface area contributed by atoms with Gasteiger partial charge in [0.05, 0.1) is 20.8 Å². The van der Waals surface area contributed by atoms with Gasteiger partial charge in [0.15, 0.2) is 11.5 Å². The van der Waals surface area contributed by atoms with E-state index in [9.17, 15) is 0 Å². The maximum absolute atomic E-state index is 5.41. The van der Waals surface area contributed by atoms with E-state index >= 15 is 0 Å². The molecule has 0 saturated heterocycles. The zero-order valence-electron chi connectivity index (χ0n) is 12.9. The van der Waals surface area contributed by atoms with Gasteiger partial charge in [-0.15, -0.1) is 0 Å². The number of hydrogen-bond donors (Lipinski definition) is 1. The van der Waals surface area contributed by atoms with Crippen molar-refractivity contribution in [3.05, 3.63) is 23.8 Å². The Morgan fingerprint density at radius 2 is 1.90 bits per heavy atom. The van der Waals surface area contributed by atoms with Crippen molar-refractivity contribution in [1.82, 2.24) is 10.2 Å². The number of likely N-dealkylation sites (N-methyl/N-ethyl adjacent to an activating group) is 1. The fraction of sp³-hybridized carbons (Fsp3) is 0.600. The Labute approximate surface area is 121 Å². The number of benzene rings is 1. The van der Waals surface area contributed by atoms with Crippen LogP contribution in [-0.2, 0) is 11.3 Å². The van der Waals surface area contributed by atoms with Gasteiger partial charge in [-0.2, -0.15) is 0 Å². The number of para-hydroxylation sites is 1. The van der Waals surface area contributed by atoms with Crippen molar-refractivity contribution in [3.8, 4) is 11.5 Å². The smallest absolute Gasteiger partial charge is 0.165 e. The van der Waals surface area contributed by atoms with Crippen molar-refractivity contribution in [2.45, 2.75) is 6.54 Å². The molecule has 5 nitrogen and oxygen atoms in total. The molecule has 1 rings (SSSR count). The van der Waals surface area contributed by atoms with E-state index in [1.807, 2.05) is 18.2 Å². The summed E-state index contributed by atoms with van der Waals surface area (Å²) >= 11 is 0. The third kappa shape index (κ3) is 5.36. The number of ether oxygens (including phenoxy) is 3. The normalized spacial score (nSPS) is 10.8. The molecule has 0 aliphatic rings. The van der Waals surface area contributed by atoms with Crippen LogP contribution in [0.15, 0.2) is 18.2 Å². The first-order valence-electron chi connectivity index (χ1n) is 6.81. The molecule has 0 amide bonds. The molecular weight excluding hydrogens is 256 g/mol. The standard InChI is InChI=1S/C15H26N2O3/c1-17(10-11-18-2)9-8-16-12-13-6-5-7-14(19-3)15(13)20-4/h5-7,16H,8-12H2,1-4H3. The molecule has 20 heavy (non-hydrogen) atoms. The first-order valence-corrected chi connectivity index (χ1v) is 6.81. The van der Waals surface area contributed by atoms with Crippen LogP contribution < -0.4 is 14.8 Å². The minimum absolute atomic E-state index is 0.762. The molecule has 114 valence electrons. The predicted molar refractivity (Wildman–Crippen MR) is 80.6 cm³/mol. The summed E-state index contributed by atoms with van der Waals surface area (Å²) in [7, 11) is 7.13. The molecule has 5 heteroatoms. The Kier molecular flexibility index (Phi) is 8.02. The summed E-state index contributed by atoms with van der Waals surface area (Å²) in [5, 5.41) is 3.42. The molecule has 1 aromatic rings. The lowest BCUT2D eigenvalue weighted by Crippen LogP contribution is -2.31. The van der Waals surface area contributed by atoms with Gasteiger partial charge < -0.3 is 24.4 Å². The molecule has 0 radical (unpaired) electrons. The van der Waals surface area contributed by atoms with E-state index in [0.717, 1.165) is 49.8 Å². The second-order valence-electron chi connectivity index (χ2n) is 4.63. The summed E-state index contributed by atoms with van der Waals surface area (Å²) in [6.45, 7) is 4.37. The molecule has 0 heterocycles. The van der Waals surface area contributed by atoms with Crippen LogP contribution in [0, 0.1) is 0 Å². The van der Waals surface area contributed by atoms with Gasteiger partial charge >= 0.3 is 0 Å². The number of nitrogens with one attached hydrogen (secondary N) is 1. The Hall–Kier alpha value is -1.30. The Balaban J connectivity index is 2.38. The predicted octanol–water partition coefficient (Wildman–Crippen LogP) is 1.37. The van der Waals surface area contributed by atoms with Crippen LogP contribution in [0.3, 0.4) is 0 Å². The highest BCUT2D eigenvalue weighted by atomic mass is 16.5. The molecule has 0 bridgehead atoms. The summed E-state index contributed by atoms with van der Waals surface area (Å²) in [4.78, 5) is 2.24. The summed E-state index contributed by atoms with van der Waals surface area (Å²) in [6, 6.07) is 5.92. The largest absolute Gasteiger partial charge is 0.493 e. The van der Waals surface area contributed by atoms with Gasteiger partial charge in [-0.05, 0) is 13.1 Å². The molecule has 0 spiro atoms. The van der Waals surface area contributed by atoms with Gasteiger partial charge in [0.25, 0.3) is 0 Å². The molecule has 1 N–H and O–H groups in total. The van der Waals surface area contributed by atoms with E-state index < -0.39 is 0 Å². The van der Waals surface area contributed by atoms with E-state index in [0.29, 0.717) is 0 Å². The van der Waals surface area contributed by atoms with Crippen LogP contribution in [0.1, 0.15) is 5.56 Å². The highest BCUT2D eigenvalue weighted by Crippen LogP contribution is 2.30. The molecule has 0 aliphatic heterocycles. The monoisotopic (exact) mass is 282 g/mol.